The number of thiazole rings is 1. The summed E-state index contributed by atoms with van der Waals surface area (Å²) < 4.78 is 0. The third-order valence-corrected chi connectivity index (χ3v) is 7.66. The molecular formula is C24H33N3OS. The molecule has 4 nitrogen and oxygen atoms in total. The zero-order chi connectivity index (χ0) is 20.1. The van der Waals surface area contributed by atoms with Crippen molar-refractivity contribution in [2.75, 3.05) is 5.32 Å². The van der Waals surface area contributed by atoms with Gasteiger partial charge in [-0.2, -0.15) is 0 Å². The average molecular weight is 412 g/mol. The molecule has 0 atom stereocenters. The Morgan fingerprint density at radius 2 is 1.72 bits per heavy atom. The zero-order valence-corrected chi connectivity index (χ0v) is 18.3. The van der Waals surface area contributed by atoms with Gasteiger partial charge in [0.1, 0.15) is 0 Å². The number of carbonyl (C=O) groups is 1. The van der Waals surface area contributed by atoms with Gasteiger partial charge >= 0.3 is 6.03 Å². The summed E-state index contributed by atoms with van der Waals surface area (Å²) in [6, 6.07) is 10.7. The molecular weight excluding hydrogens is 378 g/mol. The van der Waals surface area contributed by atoms with Gasteiger partial charge in [-0.3, -0.25) is 5.32 Å². The number of rotatable bonds is 5. The minimum Gasteiger partial charge on any atom is -0.317 e. The number of carbonyl (C=O) groups excluding carboxylic acids is 1. The van der Waals surface area contributed by atoms with E-state index in [0.29, 0.717) is 17.7 Å². The molecule has 156 valence electrons. The van der Waals surface area contributed by atoms with Gasteiger partial charge in [-0.05, 0) is 50.0 Å². The predicted molar refractivity (Wildman–Crippen MR) is 120 cm³/mol. The second-order valence-corrected chi connectivity index (χ2v) is 9.66. The Labute approximate surface area is 178 Å². The molecule has 0 spiro atoms. The number of nitrogens with one attached hydrogen (secondary N) is 1. The van der Waals surface area contributed by atoms with Crippen LogP contribution in [0, 0.1) is 18.8 Å². The molecule has 5 heteroatoms. The first-order valence-electron chi connectivity index (χ1n) is 11.2. The number of anilines is 1. The molecule has 2 aliphatic carbocycles. The van der Waals surface area contributed by atoms with Crippen LogP contribution >= 0.6 is 11.3 Å². The maximum atomic E-state index is 13.2. The summed E-state index contributed by atoms with van der Waals surface area (Å²) >= 11 is 1.50. The van der Waals surface area contributed by atoms with Crippen LogP contribution in [0.3, 0.4) is 0 Å². The summed E-state index contributed by atoms with van der Waals surface area (Å²) in [5.41, 5.74) is 2.14. The van der Waals surface area contributed by atoms with Crippen LogP contribution in [0.25, 0.3) is 0 Å². The molecule has 2 aliphatic rings. The third-order valence-electron chi connectivity index (χ3n) is 6.79. The number of aryl methyl sites for hydroxylation is 1. The second-order valence-electron chi connectivity index (χ2n) is 8.80. The summed E-state index contributed by atoms with van der Waals surface area (Å²) in [5.74, 6) is 1.80. The number of amides is 2. The van der Waals surface area contributed by atoms with E-state index in [0.717, 1.165) is 30.4 Å². The Balaban J connectivity index is 1.42. The van der Waals surface area contributed by atoms with Gasteiger partial charge in [-0.25, -0.2) is 9.78 Å². The molecule has 0 aliphatic heterocycles. The standard InChI is InChI=1S/C24H33N3OS/c1-18-17-29-23(25-18)26-24(28)27(16-19-8-4-2-5-9-19)22-14-12-21(13-15-22)20-10-6-3-7-11-20/h2,4-5,8-9,17,20-22H,3,6-7,10-16H2,1H3,(H,25,26,28). The van der Waals surface area contributed by atoms with Gasteiger partial charge in [0.2, 0.25) is 0 Å². The van der Waals surface area contributed by atoms with E-state index in [-0.39, 0.29) is 6.03 Å². The number of hydrogen-bond acceptors (Lipinski definition) is 3. The van der Waals surface area contributed by atoms with E-state index in [1.54, 1.807) is 0 Å². The number of aromatic nitrogens is 1. The Kier molecular flexibility index (Phi) is 6.86. The highest BCUT2D eigenvalue weighted by molar-refractivity contribution is 7.13. The van der Waals surface area contributed by atoms with Crippen molar-refractivity contribution in [1.29, 1.82) is 0 Å². The normalized spacial score (nSPS) is 22.9. The van der Waals surface area contributed by atoms with Gasteiger partial charge in [0.15, 0.2) is 5.13 Å². The molecule has 29 heavy (non-hydrogen) atoms. The lowest BCUT2D eigenvalue weighted by Crippen LogP contribution is -2.44. The Morgan fingerprint density at radius 3 is 2.38 bits per heavy atom. The highest BCUT2D eigenvalue weighted by Crippen LogP contribution is 2.39. The summed E-state index contributed by atoms with van der Waals surface area (Å²) in [6.45, 7) is 2.62. The average Bonchev–Trinajstić information content (AvgIpc) is 3.18. The third kappa shape index (κ3) is 5.39. The largest absolute Gasteiger partial charge is 0.324 e. The molecule has 0 saturated heterocycles. The zero-order valence-electron chi connectivity index (χ0n) is 17.5. The number of hydrogen-bond donors (Lipinski definition) is 1. The van der Waals surface area contributed by atoms with Crippen LogP contribution in [0.5, 0.6) is 0 Å². The van der Waals surface area contributed by atoms with Crippen LogP contribution in [-0.2, 0) is 6.54 Å². The first-order chi connectivity index (χ1) is 14.2. The van der Waals surface area contributed by atoms with Gasteiger partial charge in [-0.15, -0.1) is 11.3 Å². The molecule has 1 aromatic carbocycles. The summed E-state index contributed by atoms with van der Waals surface area (Å²) in [5, 5.41) is 5.72. The van der Waals surface area contributed by atoms with Crippen molar-refractivity contribution >= 4 is 22.5 Å². The fraction of sp³-hybridized carbons (Fsp3) is 0.583. The van der Waals surface area contributed by atoms with E-state index in [1.807, 2.05) is 18.4 Å². The molecule has 1 aromatic heterocycles. The van der Waals surface area contributed by atoms with Crippen LogP contribution in [-0.4, -0.2) is 22.0 Å². The summed E-state index contributed by atoms with van der Waals surface area (Å²) in [6.07, 6.45) is 11.9. The molecule has 2 saturated carbocycles. The van der Waals surface area contributed by atoms with Crippen LogP contribution < -0.4 is 5.32 Å². The first kappa shape index (κ1) is 20.4. The Hall–Kier alpha value is -1.88. The maximum absolute atomic E-state index is 13.2. The predicted octanol–water partition coefficient (Wildman–Crippen LogP) is 6.62. The van der Waals surface area contributed by atoms with Crippen molar-refractivity contribution < 1.29 is 4.79 Å². The molecule has 1 N–H and O–H groups in total. The minimum atomic E-state index is -0.00989. The van der Waals surface area contributed by atoms with Crippen molar-refractivity contribution in [3.8, 4) is 0 Å². The van der Waals surface area contributed by atoms with Gasteiger partial charge in [0.05, 0.1) is 5.69 Å². The van der Waals surface area contributed by atoms with E-state index < -0.39 is 0 Å². The summed E-state index contributed by atoms with van der Waals surface area (Å²) in [7, 11) is 0. The smallest absolute Gasteiger partial charge is 0.317 e. The van der Waals surface area contributed by atoms with Crippen LogP contribution in [0.1, 0.15) is 69.0 Å². The molecule has 0 unspecified atom stereocenters. The number of urea groups is 1. The topological polar surface area (TPSA) is 45.2 Å². The lowest BCUT2D eigenvalue weighted by molar-refractivity contribution is 0.120. The Morgan fingerprint density at radius 1 is 1.03 bits per heavy atom. The second kappa shape index (κ2) is 9.75. The van der Waals surface area contributed by atoms with E-state index >= 15 is 0 Å². The van der Waals surface area contributed by atoms with Gasteiger partial charge in [-0.1, -0.05) is 62.4 Å². The van der Waals surface area contributed by atoms with Crippen molar-refractivity contribution in [3.63, 3.8) is 0 Å². The van der Waals surface area contributed by atoms with Crippen LogP contribution in [0.4, 0.5) is 9.93 Å². The Bertz CT molecular complexity index is 776. The quantitative estimate of drug-likeness (QED) is 0.600. The lowest BCUT2D eigenvalue weighted by Gasteiger charge is -2.40. The summed E-state index contributed by atoms with van der Waals surface area (Å²) in [4.78, 5) is 19.7. The molecule has 1 heterocycles. The van der Waals surface area contributed by atoms with Crippen LogP contribution in [0.15, 0.2) is 35.7 Å². The number of benzene rings is 1. The number of nitrogens with zero attached hydrogens (tertiary/aromatic N) is 2. The van der Waals surface area contributed by atoms with E-state index in [9.17, 15) is 4.79 Å². The fourth-order valence-electron chi connectivity index (χ4n) is 5.21. The fourth-order valence-corrected chi connectivity index (χ4v) is 5.89. The van der Waals surface area contributed by atoms with Crippen molar-refractivity contribution in [3.05, 3.63) is 47.0 Å². The van der Waals surface area contributed by atoms with Crippen molar-refractivity contribution in [2.45, 2.75) is 77.3 Å². The van der Waals surface area contributed by atoms with Gasteiger partial charge < -0.3 is 4.90 Å². The minimum absolute atomic E-state index is 0.00989. The van der Waals surface area contributed by atoms with E-state index in [4.69, 9.17) is 0 Å². The van der Waals surface area contributed by atoms with Crippen molar-refractivity contribution in [2.24, 2.45) is 11.8 Å². The lowest BCUT2D eigenvalue weighted by atomic mass is 9.72. The molecule has 0 bridgehead atoms. The molecule has 2 aromatic rings. The molecule has 0 radical (unpaired) electrons. The highest BCUT2D eigenvalue weighted by Gasteiger charge is 2.33. The van der Waals surface area contributed by atoms with Gasteiger partial charge in [0.25, 0.3) is 0 Å². The first-order valence-corrected chi connectivity index (χ1v) is 12.1. The van der Waals surface area contributed by atoms with E-state index in [1.165, 1.54) is 61.8 Å². The molecule has 2 fully saturated rings. The van der Waals surface area contributed by atoms with Gasteiger partial charge in [0, 0.05) is 18.0 Å². The monoisotopic (exact) mass is 411 g/mol. The van der Waals surface area contributed by atoms with Crippen LogP contribution in [0.2, 0.25) is 0 Å². The SMILES string of the molecule is Cc1csc(NC(=O)N(Cc2ccccc2)C2CCC(C3CCCCC3)CC2)n1. The molecule has 2 amide bonds. The van der Waals surface area contributed by atoms with Crippen molar-refractivity contribution in [1.82, 2.24) is 9.88 Å². The molecule has 4 rings (SSSR count). The maximum Gasteiger partial charge on any atom is 0.324 e. The van der Waals surface area contributed by atoms with E-state index in [2.05, 4.69) is 39.5 Å². The highest BCUT2D eigenvalue weighted by atomic mass is 32.1.